The number of carbonyl (C=O) groups is 1. The van der Waals surface area contributed by atoms with E-state index in [1.54, 1.807) is 12.1 Å². The van der Waals surface area contributed by atoms with E-state index >= 15 is 0 Å². The van der Waals surface area contributed by atoms with Gasteiger partial charge >= 0.3 is 5.97 Å². The highest BCUT2D eigenvalue weighted by molar-refractivity contribution is 5.99. The fourth-order valence-electron chi connectivity index (χ4n) is 2.85. The minimum Gasteiger partial charge on any atom is -0.478 e. The van der Waals surface area contributed by atoms with Gasteiger partial charge in [-0.25, -0.2) is 9.48 Å². The van der Waals surface area contributed by atoms with Crippen LogP contribution in [0.3, 0.4) is 0 Å². The molecule has 4 heteroatoms. The Morgan fingerprint density at radius 1 is 0.875 bits per heavy atom. The first kappa shape index (κ1) is 14.2. The maximum Gasteiger partial charge on any atom is 0.335 e. The summed E-state index contributed by atoms with van der Waals surface area (Å²) in [5, 5.41) is 14.8. The second kappa shape index (κ2) is 5.66. The van der Waals surface area contributed by atoms with Crippen molar-refractivity contribution >= 4 is 16.9 Å². The van der Waals surface area contributed by atoms with E-state index in [-0.39, 0.29) is 5.56 Å². The van der Waals surface area contributed by atoms with Crippen molar-refractivity contribution in [3.8, 4) is 16.9 Å². The van der Waals surface area contributed by atoms with Crippen LogP contribution in [0.2, 0.25) is 0 Å². The van der Waals surface area contributed by atoms with Gasteiger partial charge in [0.15, 0.2) is 0 Å². The molecule has 0 spiro atoms. The molecule has 0 amide bonds. The van der Waals surface area contributed by atoms with E-state index < -0.39 is 5.97 Å². The molecule has 116 valence electrons. The number of carboxylic acids is 1. The highest BCUT2D eigenvalue weighted by Gasteiger charge is 2.16. The van der Waals surface area contributed by atoms with Gasteiger partial charge in [0.1, 0.15) is 0 Å². The summed E-state index contributed by atoms with van der Waals surface area (Å²) in [5.74, 6) is -0.951. The maximum absolute atomic E-state index is 11.2. The number of aromatic nitrogens is 2. The normalized spacial score (nSPS) is 10.8. The highest BCUT2D eigenvalue weighted by atomic mass is 16.4. The molecule has 0 saturated heterocycles. The quantitative estimate of drug-likeness (QED) is 0.610. The van der Waals surface area contributed by atoms with Crippen molar-refractivity contribution in [1.82, 2.24) is 9.78 Å². The fourth-order valence-corrected chi connectivity index (χ4v) is 2.85. The maximum atomic E-state index is 11.2. The molecule has 1 heterocycles. The van der Waals surface area contributed by atoms with Crippen molar-refractivity contribution in [2.24, 2.45) is 0 Å². The monoisotopic (exact) mass is 314 g/mol. The molecule has 1 N–H and O–H groups in total. The number of carboxylic acid groups (broad SMARTS) is 1. The number of hydrogen-bond donors (Lipinski definition) is 1. The van der Waals surface area contributed by atoms with Crippen LogP contribution in [-0.2, 0) is 0 Å². The van der Waals surface area contributed by atoms with Crippen LogP contribution >= 0.6 is 0 Å². The molecular weight excluding hydrogens is 300 g/mol. The third-order valence-electron chi connectivity index (χ3n) is 3.97. The molecule has 4 aromatic rings. The SMILES string of the molecule is O=C(O)c1ccc2c(-c3ccccc3)n(-c3ccccc3)nc2c1. The number of nitrogens with zero attached hydrogens (tertiary/aromatic N) is 2. The zero-order chi connectivity index (χ0) is 16.5. The Hall–Kier alpha value is -3.40. The Morgan fingerprint density at radius 3 is 2.21 bits per heavy atom. The van der Waals surface area contributed by atoms with E-state index in [9.17, 15) is 9.90 Å². The molecule has 4 rings (SSSR count). The molecule has 4 nitrogen and oxygen atoms in total. The Morgan fingerprint density at radius 2 is 1.54 bits per heavy atom. The van der Waals surface area contributed by atoms with E-state index in [0.29, 0.717) is 5.52 Å². The van der Waals surface area contributed by atoms with E-state index in [1.807, 2.05) is 71.4 Å². The third-order valence-corrected chi connectivity index (χ3v) is 3.97. The lowest BCUT2D eigenvalue weighted by Crippen LogP contribution is -1.98. The summed E-state index contributed by atoms with van der Waals surface area (Å²) in [6, 6.07) is 24.9. The third kappa shape index (κ3) is 2.34. The molecule has 24 heavy (non-hydrogen) atoms. The second-order valence-electron chi connectivity index (χ2n) is 5.50. The molecule has 0 aliphatic carbocycles. The largest absolute Gasteiger partial charge is 0.478 e. The summed E-state index contributed by atoms with van der Waals surface area (Å²) in [4.78, 5) is 11.2. The summed E-state index contributed by atoms with van der Waals surface area (Å²) in [6.45, 7) is 0. The summed E-state index contributed by atoms with van der Waals surface area (Å²) in [7, 11) is 0. The van der Waals surface area contributed by atoms with E-state index in [0.717, 1.165) is 22.3 Å². The van der Waals surface area contributed by atoms with Crippen molar-refractivity contribution in [3.05, 3.63) is 84.4 Å². The first-order chi connectivity index (χ1) is 11.7. The summed E-state index contributed by atoms with van der Waals surface area (Å²) in [5.41, 5.74) is 3.82. The molecule has 0 bridgehead atoms. The Labute approximate surface area is 138 Å². The van der Waals surface area contributed by atoms with Crippen molar-refractivity contribution in [2.45, 2.75) is 0 Å². The van der Waals surface area contributed by atoms with Gasteiger partial charge in [0.2, 0.25) is 0 Å². The van der Waals surface area contributed by atoms with Gasteiger partial charge in [-0.1, -0.05) is 48.5 Å². The smallest absolute Gasteiger partial charge is 0.335 e. The zero-order valence-electron chi connectivity index (χ0n) is 12.8. The van der Waals surface area contributed by atoms with Gasteiger partial charge in [0.05, 0.1) is 22.5 Å². The molecule has 3 aromatic carbocycles. The van der Waals surface area contributed by atoms with Crippen molar-refractivity contribution in [2.75, 3.05) is 0 Å². The summed E-state index contributed by atoms with van der Waals surface area (Å²) < 4.78 is 1.87. The van der Waals surface area contributed by atoms with Crippen LogP contribution in [0, 0.1) is 0 Å². The predicted molar refractivity (Wildman–Crippen MR) is 93.5 cm³/mol. The van der Waals surface area contributed by atoms with Crippen molar-refractivity contribution < 1.29 is 9.90 Å². The lowest BCUT2D eigenvalue weighted by molar-refractivity contribution is 0.0697. The van der Waals surface area contributed by atoms with Gasteiger partial charge in [-0.2, -0.15) is 5.10 Å². The minimum atomic E-state index is -0.951. The molecule has 0 atom stereocenters. The standard InChI is InChI=1S/C20H14N2O2/c23-20(24)15-11-12-17-18(13-15)21-22(16-9-5-2-6-10-16)19(17)14-7-3-1-4-8-14/h1-13H,(H,23,24). The Bertz CT molecular complexity index is 1020. The van der Waals surface area contributed by atoms with Crippen LogP contribution < -0.4 is 0 Å². The van der Waals surface area contributed by atoms with Gasteiger partial charge < -0.3 is 5.11 Å². The first-order valence-electron chi connectivity index (χ1n) is 7.61. The second-order valence-corrected chi connectivity index (χ2v) is 5.50. The van der Waals surface area contributed by atoms with Crippen molar-refractivity contribution in [3.63, 3.8) is 0 Å². The molecule has 0 fully saturated rings. The number of fused-ring (bicyclic) bond motifs is 1. The summed E-state index contributed by atoms with van der Waals surface area (Å²) >= 11 is 0. The van der Waals surface area contributed by atoms with Crippen LogP contribution in [0.25, 0.3) is 27.8 Å². The first-order valence-corrected chi connectivity index (χ1v) is 7.61. The average Bonchev–Trinajstić information content (AvgIpc) is 3.01. The lowest BCUT2D eigenvalue weighted by atomic mass is 10.1. The van der Waals surface area contributed by atoms with Gasteiger partial charge in [-0.3, -0.25) is 0 Å². The zero-order valence-corrected chi connectivity index (χ0v) is 12.8. The van der Waals surface area contributed by atoms with Crippen LogP contribution in [0.5, 0.6) is 0 Å². The van der Waals surface area contributed by atoms with Crippen LogP contribution in [-0.4, -0.2) is 20.9 Å². The molecule has 0 aliphatic rings. The fraction of sp³-hybridized carbons (Fsp3) is 0. The van der Waals surface area contributed by atoms with Gasteiger partial charge in [0, 0.05) is 10.9 Å². The Kier molecular flexibility index (Phi) is 3.35. The van der Waals surface area contributed by atoms with E-state index in [2.05, 4.69) is 5.10 Å². The number of aromatic carboxylic acids is 1. The lowest BCUT2D eigenvalue weighted by Gasteiger charge is -2.08. The van der Waals surface area contributed by atoms with E-state index in [4.69, 9.17) is 0 Å². The van der Waals surface area contributed by atoms with Crippen LogP contribution in [0.1, 0.15) is 10.4 Å². The molecular formula is C20H14N2O2. The van der Waals surface area contributed by atoms with Gasteiger partial charge in [-0.15, -0.1) is 0 Å². The van der Waals surface area contributed by atoms with Crippen LogP contribution in [0.4, 0.5) is 0 Å². The molecule has 1 aromatic heterocycles. The predicted octanol–water partition coefficient (Wildman–Crippen LogP) is 4.39. The molecule has 0 aliphatic heterocycles. The number of hydrogen-bond acceptors (Lipinski definition) is 2. The molecule has 0 unspecified atom stereocenters. The van der Waals surface area contributed by atoms with Crippen LogP contribution in [0.15, 0.2) is 78.9 Å². The van der Waals surface area contributed by atoms with E-state index in [1.165, 1.54) is 0 Å². The minimum absolute atomic E-state index is 0.236. The topological polar surface area (TPSA) is 55.1 Å². The number of benzene rings is 3. The molecule has 0 saturated carbocycles. The van der Waals surface area contributed by atoms with Gasteiger partial charge in [0.25, 0.3) is 0 Å². The van der Waals surface area contributed by atoms with Gasteiger partial charge in [-0.05, 0) is 30.3 Å². The number of para-hydroxylation sites is 1. The molecule has 0 radical (unpaired) electrons. The number of rotatable bonds is 3. The average molecular weight is 314 g/mol. The van der Waals surface area contributed by atoms with Crippen molar-refractivity contribution in [1.29, 1.82) is 0 Å². The highest BCUT2D eigenvalue weighted by Crippen LogP contribution is 2.31. The summed E-state index contributed by atoms with van der Waals surface area (Å²) in [6.07, 6.45) is 0. The Balaban J connectivity index is 2.04.